The third-order valence-corrected chi connectivity index (χ3v) is 8.99. The lowest BCUT2D eigenvalue weighted by atomic mass is 9.42. The molecule has 0 aromatic carbocycles. The van der Waals surface area contributed by atoms with Gasteiger partial charge in [-0.2, -0.15) is 0 Å². The first kappa shape index (κ1) is 15.4. The summed E-state index contributed by atoms with van der Waals surface area (Å²) in [5.41, 5.74) is 0.271. The van der Waals surface area contributed by atoms with Crippen LogP contribution in [-0.4, -0.2) is 16.0 Å². The molecule has 2 nitrogen and oxygen atoms in total. The van der Waals surface area contributed by atoms with E-state index in [1.54, 1.807) is 0 Å². The molecule has 0 aromatic rings. The maximum atomic E-state index is 10.9. The van der Waals surface area contributed by atoms with Gasteiger partial charge in [0, 0.05) is 11.8 Å². The lowest BCUT2D eigenvalue weighted by Crippen LogP contribution is -2.64. The van der Waals surface area contributed by atoms with Crippen LogP contribution in [0.1, 0.15) is 78.6 Å². The van der Waals surface area contributed by atoms with Gasteiger partial charge in [0.1, 0.15) is 0 Å². The molecule has 22 heavy (non-hydrogen) atoms. The lowest BCUT2D eigenvalue weighted by Gasteiger charge is -2.65. The van der Waals surface area contributed by atoms with Crippen LogP contribution < -0.4 is 0 Å². The first-order valence-corrected chi connectivity index (χ1v) is 9.74. The van der Waals surface area contributed by atoms with Gasteiger partial charge in [-0.1, -0.05) is 27.2 Å². The number of hydrogen-bond donors (Lipinski definition) is 2. The topological polar surface area (TPSA) is 40.5 Å². The van der Waals surface area contributed by atoms with E-state index >= 15 is 0 Å². The van der Waals surface area contributed by atoms with Gasteiger partial charge < -0.3 is 10.2 Å². The highest BCUT2D eigenvalue weighted by molar-refractivity contribution is 5.12. The predicted octanol–water partition coefficient (Wildman–Crippen LogP) is 4.35. The van der Waals surface area contributed by atoms with E-state index in [-0.39, 0.29) is 5.41 Å². The van der Waals surface area contributed by atoms with Crippen LogP contribution in [0.15, 0.2) is 0 Å². The Morgan fingerprint density at radius 2 is 1.59 bits per heavy atom. The normalized spacial score (nSPS) is 56.9. The van der Waals surface area contributed by atoms with E-state index in [1.165, 1.54) is 44.9 Å². The second kappa shape index (κ2) is 4.72. The molecule has 0 saturated heterocycles. The summed E-state index contributed by atoms with van der Waals surface area (Å²) in [4.78, 5) is 0. The molecule has 4 aliphatic rings. The molecule has 2 heteroatoms. The van der Waals surface area contributed by atoms with E-state index in [1.807, 2.05) is 0 Å². The van der Waals surface area contributed by atoms with Gasteiger partial charge in [0.2, 0.25) is 0 Å². The maximum absolute atomic E-state index is 10.9. The van der Waals surface area contributed by atoms with Crippen LogP contribution in [-0.2, 0) is 0 Å². The van der Waals surface area contributed by atoms with Gasteiger partial charge in [-0.15, -0.1) is 0 Å². The zero-order valence-electron chi connectivity index (χ0n) is 14.6. The van der Waals surface area contributed by atoms with E-state index in [0.29, 0.717) is 23.7 Å². The average molecular weight is 306 g/mol. The standard InChI is InChI=1S/C20H34O2/c1-13-12-14-6-4-10-20(21,22)19(14,3)16-8-11-18(2)9-5-7-15(18)17(13)16/h13-17,21-22H,4-12H2,1-3H3/t13-,14-,15-,16-,17-,18-,19-/m0/s1. The van der Waals surface area contributed by atoms with Crippen LogP contribution in [0.25, 0.3) is 0 Å². The molecule has 4 saturated carbocycles. The van der Waals surface area contributed by atoms with Crippen molar-refractivity contribution in [1.29, 1.82) is 0 Å². The van der Waals surface area contributed by atoms with Crippen molar-refractivity contribution in [3.05, 3.63) is 0 Å². The van der Waals surface area contributed by atoms with Gasteiger partial charge in [0.25, 0.3) is 0 Å². The van der Waals surface area contributed by atoms with Crippen LogP contribution >= 0.6 is 0 Å². The first-order valence-electron chi connectivity index (χ1n) is 9.74. The molecular weight excluding hydrogens is 272 g/mol. The minimum Gasteiger partial charge on any atom is -0.365 e. The molecule has 2 N–H and O–H groups in total. The summed E-state index contributed by atoms with van der Waals surface area (Å²) < 4.78 is 0. The number of aliphatic hydroxyl groups is 2. The number of hydrogen-bond acceptors (Lipinski definition) is 2. The summed E-state index contributed by atoms with van der Waals surface area (Å²) in [7, 11) is 0. The first-order chi connectivity index (χ1) is 10.3. The van der Waals surface area contributed by atoms with E-state index in [4.69, 9.17) is 0 Å². The Labute approximate surface area is 135 Å². The molecule has 4 fully saturated rings. The second-order valence-electron chi connectivity index (χ2n) is 9.78. The highest BCUT2D eigenvalue weighted by Gasteiger charge is 2.65. The van der Waals surface area contributed by atoms with E-state index in [9.17, 15) is 10.2 Å². The highest BCUT2D eigenvalue weighted by Crippen LogP contribution is 2.68. The fourth-order valence-electron chi connectivity index (χ4n) is 7.74. The van der Waals surface area contributed by atoms with Crippen LogP contribution in [0.5, 0.6) is 0 Å². The molecule has 4 rings (SSSR count). The smallest absolute Gasteiger partial charge is 0.168 e. The molecule has 0 radical (unpaired) electrons. The molecule has 7 atom stereocenters. The summed E-state index contributed by atoms with van der Waals surface area (Å²) in [5, 5.41) is 21.8. The fraction of sp³-hybridized carbons (Fsp3) is 1.00. The van der Waals surface area contributed by atoms with Gasteiger partial charge in [0.15, 0.2) is 5.79 Å². The molecule has 0 aliphatic heterocycles. The Balaban J connectivity index is 1.75. The van der Waals surface area contributed by atoms with E-state index in [2.05, 4.69) is 20.8 Å². The summed E-state index contributed by atoms with van der Waals surface area (Å²) in [6.45, 7) is 7.22. The Kier molecular flexibility index (Phi) is 3.32. The second-order valence-corrected chi connectivity index (χ2v) is 9.78. The van der Waals surface area contributed by atoms with Crippen molar-refractivity contribution < 1.29 is 10.2 Å². The molecular formula is C20H34O2. The van der Waals surface area contributed by atoms with E-state index in [0.717, 1.165) is 24.2 Å². The monoisotopic (exact) mass is 306 g/mol. The van der Waals surface area contributed by atoms with Gasteiger partial charge in [-0.05, 0) is 80.0 Å². The van der Waals surface area contributed by atoms with Gasteiger partial charge in [0.05, 0.1) is 0 Å². The third kappa shape index (κ3) is 1.80. The molecule has 0 unspecified atom stereocenters. The van der Waals surface area contributed by atoms with Crippen molar-refractivity contribution in [3.8, 4) is 0 Å². The molecule has 0 aromatic heterocycles. The average Bonchev–Trinajstić information content (AvgIpc) is 2.83. The quantitative estimate of drug-likeness (QED) is 0.653. The molecule has 4 aliphatic carbocycles. The Morgan fingerprint density at radius 1 is 0.864 bits per heavy atom. The highest BCUT2D eigenvalue weighted by atomic mass is 16.5. The Morgan fingerprint density at radius 3 is 2.36 bits per heavy atom. The SMILES string of the molecule is C[C@H]1C[C@@H]2CCCC(O)(O)[C@]2(C)[C@H]2CC[C@]3(C)CCC[C@H]3[C@H]12. The molecule has 126 valence electrons. The predicted molar refractivity (Wildman–Crippen MR) is 88.1 cm³/mol. The molecule has 0 amide bonds. The zero-order valence-corrected chi connectivity index (χ0v) is 14.6. The van der Waals surface area contributed by atoms with Crippen molar-refractivity contribution in [1.82, 2.24) is 0 Å². The Hall–Kier alpha value is -0.0800. The van der Waals surface area contributed by atoms with Crippen LogP contribution in [0.4, 0.5) is 0 Å². The summed E-state index contributed by atoms with van der Waals surface area (Å²) in [5.74, 6) is 1.91. The van der Waals surface area contributed by atoms with Crippen molar-refractivity contribution in [2.24, 2.45) is 40.4 Å². The maximum Gasteiger partial charge on any atom is 0.168 e. The van der Waals surface area contributed by atoms with Gasteiger partial charge in [-0.3, -0.25) is 0 Å². The van der Waals surface area contributed by atoms with Crippen molar-refractivity contribution in [3.63, 3.8) is 0 Å². The Bertz CT molecular complexity index is 459. The van der Waals surface area contributed by atoms with Gasteiger partial charge >= 0.3 is 0 Å². The van der Waals surface area contributed by atoms with Gasteiger partial charge in [-0.25, -0.2) is 0 Å². The summed E-state index contributed by atoms with van der Waals surface area (Å²) in [6, 6.07) is 0. The summed E-state index contributed by atoms with van der Waals surface area (Å²) in [6.07, 6.45) is 10.7. The largest absolute Gasteiger partial charge is 0.365 e. The van der Waals surface area contributed by atoms with Crippen molar-refractivity contribution in [2.75, 3.05) is 0 Å². The molecule has 0 bridgehead atoms. The zero-order chi connectivity index (χ0) is 15.8. The van der Waals surface area contributed by atoms with E-state index < -0.39 is 5.79 Å². The lowest BCUT2D eigenvalue weighted by molar-refractivity contribution is -0.317. The van der Waals surface area contributed by atoms with Crippen LogP contribution in [0.2, 0.25) is 0 Å². The third-order valence-electron chi connectivity index (χ3n) is 8.99. The molecule has 0 spiro atoms. The minimum absolute atomic E-state index is 0.271. The summed E-state index contributed by atoms with van der Waals surface area (Å²) >= 11 is 0. The number of rotatable bonds is 0. The van der Waals surface area contributed by atoms with Crippen LogP contribution in [0.3, 0.4) is 0 Å². The van der Waals surface area contributed by atoms with Crippen molar-refractivity contribution >= 4 is 0 Å². The fourth-order valence-corrected chi connectivity index (χ4v) is 7.74. The molecule has 0 heterocycles. The van der Waals surface area contributed by atoms with Crippen molar-refractivity contribution in [2.45, 2.75) is 84.3 Å². The number of fused-ring (bicyclic) bond motifs is 5. The minimum atomic E-state index is -1.44. The van der Waals surface area contributed by atoms with Crippen LogP contribution in [0, 0.1) is 40.4 Å².